The van der Waals surface area contributed by atoms with Crippen molar-refractivity contribution in [3.8, 4) is 11.3 Å². The molecule has 0 spiro atoms. The van der Waals surface area contributed by atoms with E-state index >= 15 is 0 Å². The normalized spacial score (nSPS) is 16.6. The van der Waals surface area contributed by atoms with Gasteiger partial charge in [-0.25, -0.2) is 4.98 Å². The lowest BCUT2D eigenvalue weighted by Gasteiger charge is -2.32. The third kappa shape index (κ3) is 4.36. The Balaban J connectivity index is 0.00000208. The van der Waals surface area contributed by atoms with Crippen LogP contribution in [0.3, 0.4) is 0 Å². The van der Waals surface area contributed by atoms with Crippen molar-refractivity contribution in [1.82, 2.24) is 15.6 Å². The number of nitrogens with one attached hydrogen (secondary N) is 2. The van der Waals surface area contributed by atoms with E-state index in [9.17, 15) is 4.79 Å². The first-order chi connectivity index (χ1) is 11.0. The minimum atomic E-state index is -0.0628. The Morgan fingerprint density at radius 3 is 2.58 bits per heavy atom. The molecule has 0 aliphatic carbocycles. The van der Waals surface area contributed by atoms with Crippen molar-refractivity contribution in [1.29, 1.82) is 0 Å². The lowest BCUT2D eigenvalue weighted by Crippen LogP contribution is -2.49. The minimum absolute atomic E-state index is 0. The van der Waals surface area contributed by atoms with Crippen molar-refractivity contribution >= 4 is 45.6 Å². The zero-order valence-corrected chi connectivity index (χ0v) is 16.8. The fraction of sp³-hybridized carbons (Fsp3) is 0.412. The third-order valence-corrected chi connectivity index (χ3v) is 5.88. The molecule has 130 valence electrons. The van der Waals surface area contributed by atoms with Crippen molar-refractivity contribution < 1.29 is 4.79 Å². The van der Waals surface area contributed by atoms with Crippen LogP contribution < -0.4 is 10.6 Å². The quantitative estimate of drug-likeness (QED) is 0.753. The van der Waals surface area contributed by atoms with Crippen molar-refractivity contribution in [3.63, 3.8) is 0 Å². The van der Waals surface area contributed by atoms with Crippen LogP contribution in [0, 0.1) is 11.8 Å². The number of benzene rings is 1. The Morgan fingerprint density at radius 1 is 1.33 bits per heavy atom. The fourth-order valence-corrected chi connectivity index (χ4v) is 3.62. The summed E-state index contributed by atoms with van der Waals surface area (Å²) >= 11 is 5.03. The van der Waals surface area contributed by atoms with Gasteiger partial charge >= 0.3 is 0 Å². The topological polar surface area (TPSA) is 54.0 Å². The number of hydrogen-bond acceptors (Lipinski definition) is 4. The van der Waals surface area contributed by atoms with Gasteiger partial charge < -0.3 is 10.6 Å². The zero-order valence-electron chi connectivity index (χ0n) is 13.6. The summed E-state index contributed by atoms with van der Waals surface area (Å²) in [4.78, 5) is 17.0. The van der Waals surface area contributed by atoms with Gasteiger partial charge in [0.05, 0.1) is 11.7 Å². The SMILES string of the molecule is CC(NC(=O)C(C)C1CNC1)c1nc(-c2ccc(Br)cc2)cs1.Cl. The van der Waals surface area contributed by atoms with Gasteiger partial charge in [-0.15, -0.1) is 23.7 Å². The average molecular weight is 431 g/mol. The van der Waals surface area contributed by atoms with Gasteiger partial charge in [-0.3, -0.25) is 4.79 Å². The second kappa shape index (κ2) is 8.43. The van der Waals surface area contributed by atoms with E-state index in [0.29, 0.717) is 5.92 Å². The molecule has 2 unspecified atom stereocenters. The van der Waals surface area contributed by atoms with E-state index in [1.165, 1.54) is 0 Å². The summed E-state index contributed by atoms with van der Waals surface area (Å²) in [5, 5.41) is 9.29. The summed E-state index contributed by atoms with van der Waals surface area (Å²) in [6, 6.07) is 8.03. The molecule has 0 bridgehead atoms. The van der Waals surface area contributed by atoms with Crippen LogP contribution in [0.4, 0.5) is 0 Å². The molecule has 4 nitrogen and oxygen atoms in total. The molecule has 1 fully saturated rings. The van der Waals surface area contributed by atoms with E-state index in [1.54, 1.807) is 11.3 Å². The number of aromatic nitrogens is 1. The maximum Gasteiger partial charge on any atom is 0.223 e. The molecule has 24 heavy (non-hydrogen) atoms. The highest BCUT2D eigenvalue weighted by molar-refractivity contribution is 9.10. The smallest absolute Gasteiger partial charge is 0.223 e. The van der Waals surface area contributed by atoms with Crippen LogP contribution in [0.1, 0.15) is 24.9 Å². The van der Waals surface area contributed by atoms with Gasteiger partial charge in [-0.1, -0.05) is 35.0 Å². The van der Waals surface area contributed by atoms with Gasteiger partial charge in [0.1, 0.15) is 5.01 Å². The summed E-state index contributed by atoms with van der Waals surface area (Å²) in [7, 11) is 0. The standard InChI is InChI=1S/C17H20BrN3OS.ClH/c1-10(13-7-19-8-13)16(22)20-11(2)17-21-15(9-23-17)12-3-5-14(18)6-4-12;/h3-6,9-11,13,19H,7-8H2,1-2H3,(H,20,22);1H. The highest BCUT2D eigenvalue weighted by Gasteiger charge is 2.29. The Bertz CT molecular complexity index is 687. The lowest BCUT2D eigenvalue weighted by atomic mass is 9.88. The van der Waals surface area contributed by atoms with Crippen LogP contribution in [0.15, 0.2) is 34.1 Å². The predicted molar refractivity (Wildman–Crippen MR) is 105 cm³/mol. The summed E-state index contributed by atoms with van der Waals surface area (Å²) in [6.07, 6.45) is 0. The Labute approximate surface area is 161 Å². The van der Waals surface area contributed by atoms with Gasteiger partial charge in [0.2, 0.25) is 5.91 Å². The first-order valence-electron chi connectivity index (χ1n) is 7.77. The van der Waals surface area contributed by atoms with Gasteiger partial charge in [0, 0.05) is 21.3 Å². The van der Waals surface area contributed by atoms with Crippen LogP contribution in [0.5, 0.6) is 0 Å². The van der Waals surface area contributed by atoms with E-state index in [4.69, 9.17) is 0 Å². The first kappa shape index (κ1) is 19.4. The van der Waals surface area contributed by atoms with E-state index in [-0.39, 0.29) is 30.3 Å². The highest BCUT2D eigenvalue weighted by Crippen LogP contribution is 2.27. The molecule has 3 rings (SSSR count). The Morgan fingerprint density at radius 2 is 2.00 bits per heavy atom. The van der Waals surface area contributed by atoms with Crippen LogP contribution >= 0.6 is 39.7 Å². The van der Waals surface area contributed by atoms with E-state index < -0.39 is 0 Å². The van der Waals surface area contributed by atoms with Crippen LogP contribution in [0.2, 0.25) is 0 Å². The number of rotatable bonds is 5. The molecule has 1 aliphatic heterocycles. The third-order valence-electron chi connectivity index (χ3n) is 4.32. The molecule has 1 amide bonds. The van der Waals surface area contributed by atoms with Crippen LogP contribution in [-0.4, -0.2) is 24.0 Å². The fourth-order valence-electron chi connectivity index (χ4n) is 2.52. The van der Waals surface area contributed by atoms with Crippen molar-refractivity contribution in [2.45, 2.75) is 19.9 Å². The van der Waals surface area contributed by atoms with E-state index in [2.05, 4.69) is 31.5 Å². The predicted octanol–water partition coefficient (Wildman–Crippen LogP) is 4.03. The molecule has 0 saturated carbocycles. The number of thiazole rings is 1. The summed E-state index contributed by atoms with van der Waals surface area (Å²) in [6.45, 7) is 5.87. The molecule has 0 radical (unpaired) electrons. The molecular weight excluding hydrogens is 410 g/mol. The molecule has 1 aromatic heterocycles. The molecule has 2 N–H and O–H groups in total. The summed E-state index contributed by atoms with van der Waals surface area (Å²) < 4.78 is 1.05. The molecule has 2 heterocycles. The van der Waals surface area contributed by atoms with E-state index in [1.807, 2.05) is 43.5 Å². The number of carbonyl (C=O) groups excluding carboxylic acids is 1. The molecule has 2 atom stereocenters. The van der Waals surface area contributed by atoms with Gasteiger partial charge in [-0.05, 0) is 38.1 Å². The molecule has 2 aromatic rings. The lowest BCUT2D eigenvalue weighted by molar-refractivity contribution is -0.127. The minimum Gasteiger partial charge on any atom is -0.347 e. The second-order valence-corrected chi connectivity index (χ2v) is 7.82. The summed E-state index contributed by atoms with van der Waals surface area (Å²) in [5.74, 6) is 0.616. The molecule has 1 aromatic carbocycles. The van der Waals surface area contributed by atoms with Gasteiger partial charge in [-0.2, -0.15) is 0 Å². The number of halogens is 2. The van der Waals surface area contributed by atoms with Crippen LogP contribution in [-0.2, 0) is 4.79 Å². The molecule has 1 saturated heterocycles. The average Bonchev–Trinajstić information content (AvgIpc) is 2.96. The Kier molecular flexibility index (Phi) is 6.80. The van der Waals surface area contributed by atoms with Crippen molar-refractivity contribution in [2.24, 2.45) is 11.8 Å². The number of carbonyl (C=O) groups is 1. The monoisotopic (exact) mass is 429 g/mol. The first-order valence-corrected chi connectivity index (χ1v) is 9.44. The molecule has 7 heteroatoms. The van der Waals surface area contributed by atoms with Crippen molar-refractivity contribution in [3.05, 3.63) is 39.1 Å². The van der Waals surface area contributed by atoms with Gasteiger partial charge in [0.15, 0.2) is 0 Å². The highest BCUT2D eigenvalue weighted by atomic mass is 79.9. The Hall–Kier alpha value is -0.950. The number of amides is 1. The van der Waals surface area contributed by atoms with E-state index in [0.717, 1.165) is 33.8 Å². The maximum atomic E-state index is 12.3. The van der Waals surface area contributed by atoms with Crippen molar-refractivity contribution in [2.75, 3.05) is 13.1 Å². The largest absolute Gasteiger partial charge is 0.347 e. The molecule has 1 aliphatic rings. The van der Waals surface area contributed by atoms with Gasteiger partial charge in [0.25, 0.3) is 0 Å². The zero-order chi connectivity index (χ0) is 16.4. The second-order valence-electron chi connectivity index (χ2n) is 6.02. The molecular formula is C17H21BrClN3OS. The number of nitrogens with zero attached hydrogens (tertiary/aromatic N) is 1. The van der Waals surface area contributed by atoms with Crippen LogP contribution in [0.25, 0.3) is 11.3 Å². The summed E-state index contributed by atoms with van der Waals surface area (Å²) in [5.41, 5.74) is 2.04. The number of hydrogen-bond donors (Lipinski definition) is 2. The maximum absolute atomic E-state index is 12.3.